The molecule has 2 unspecified atom stereocenters. The highest BCUT2D eigenvalue weighted by Crippen LogP contribution is 2.45. The minimum atomic E-state index is -4.77. The highest BCUT2D eigenvalue weighted by molar-refractivity contribution is 8.77. The zero-order valence-electron chi connectivity index (χ0n) is 49.7. The highest BCUT2D eigenvalue weighted by Gasteiger charge is 2.47. The van der Waals surface area contributed by atoms with Gasteiger partial charge in [0.1, 0.15) is 13.2 Å². The number of nitrogens with one attached hydrogen (secondary N) is 3. The molecule has 25 heteroatoms. The van der Waals surface area contributed by atoms with Crippen LogP contribution in [0.25, 0.3) is 0 Å². The van der Waals surface area contributed by atoms with E-state index in [9.17, 15) is 36.9 Å². The summed E-state index contributed by atoms with van der Waals surface area (Å²) >= 11 is 0. The van der Waals surface area contributed by atoms with Crippen molar-refractivity contribution in [2.24, 2.45) is 0 Å². The third kappa shape index (κ3) is 14.8. The van der Waals surface area contributed by atoms with Crippen molar-refractivity contribution < 1.29 is 70.1 Å². The van der Waals surface area contributed by atoms with Gasteiger partial charge in [0.05, 0.1) is 81.8 Å². The number of carbonyl (C=O) groups is 5. The summed E-state index contributed by atoms with van der Waals surface area (Å²) in [5.74, 6) is 0.299. The van der Waals surface area contributed by atoms with E-state index in [0.29, 0.717) is 98.8 Å². The van der Waals surface area contributed by atoms with Crippen LogP contribution >= 0.6 is 21.6 Å². The topological polar surface area (TPSA) is 253 Å². The minimum Gasteiger partial charge on any atom is -0.493 e. The van der Waals surface area contributed by atoms with Crippen molar-refractivity contribution in [1.82, 2.24) is 10.2 Å². The number of hydrogen-bond donors (Lipinski definition) is 4. The van der Waals surface area contributed by atoms with Gasteiger partial charge >= 0.3 is 0 Å². The highest BCUT2D eigenvalue weighted by atomic mass is 33.1. The Morgan fingerprint density at radius 3 is 1.98 bits per heavy atom. The summed E-state index contributed by atoms with van der Waals surface area (Å²) in [7, 11) is 3.18. The second-order valence-corrected chi connectivity index (χ2v) is 27.0. The van der Waals surface area contributed by atoms with E-state index in [1.54, 1.807) is 53.0 Å². The van der Waals surface area contributed by atoms with Crippen LogP contribution in [-0.2, 0) is 64.8 Å². The Hall–Kier alpha value is -7.52. The predicted molar refractivity (Wildman–Crippen MR) is 338 cm³/mol. The molecule has 5 aromatic carbocycles. The molecule has 5 aromatic rings. The van der Waals surface area contributed by atoms with Gasteiger partial charge in [0.15, 0.2) is 28.4 Å². The van der Waals surface area contributed by atoms with E-state index in [-0.39, 0.29) is 84.5 Å². The number of carbonyl (C=O) groups excluding carboxylic acids is 5. The zero-order chi connectivity index (χ0) is 62.1. The summed E-state index contributed by atoms with van der Waals surface area (Å²) in [6, 6.07) is 26.6. The summed E-state index contributed by atoms with van der Waals surface area (Å²) in [4.78, 5) is 72.0. The molecule has 0 bridgehead atoms. The molecule has 5 aliphatic heterocycles. The molecule has 0 radical (unpaired) electrons. The number of hydrogen-bond acceptors (Lipinski definition) is 19. The first-order valence-electron chi connectivity index (χ1n) is 29.1. The van der Waals surface area contributed by atoms with E-state index in [1.807, 2.05) is 53.4 Å². The van der Waals surface area contributed by atoms with Crippen LogP contribution in [0, 0.1) is 0 Å². The maximum Gasteiger partial charge on any atom is 0.288 e. The molecule has 5 heterocycles. The van der Waals surface area contributed by atoms with Gasteiger partial charge in [0, 0.05) is 98.1 Å². The normalized spacial score (nSPS) is 17.4. The predicted octanol–water partition coefficient (Wildman–Crippen LogP) is 7.54. The van der Waals surface area contributed by atoms with Crippen molar-refractivity contribution in [2.75, 3.05) is 118 Å². The largest absolute Gasteiger partial charge is 0.493 e. The molecule has 88 heavy (non-hydrogen) atoms. The van der Waals surface area contributed by atoms with Gasteiger partial charge in [0.2, 0.25) is 5.91 Å². The second-order valence-electron chi connectivity index (χ2n) is 22.3. The van der Waals surface area contributed by atoms with E-state index >= 15 is 0 Å². The first-order chi connectivity index (χ1) is 42.4. The number of fused-ring (bicyclic) bond motifs is 8. The smallest absolute Gasteiger partial charge is 0.288 e. The van der Waals surface area contributed by atoms with E-state index < -0.39 is 39.3 Å². The number of rotatable bonds is 30. The number of nitrogens with zero attached hydrogens (tertiary/aromatic N) is 4. The Balaban J connectivity index is 0.913. The lowest BCUT2D eigenvalue weighted by Crippen LogP contribution is -2.49. The number of benzene rings is 5. The summed E-state index contributed by atoms with van der Waals surface area (Å²) in [5, 5.41) is 7.73. The molecule has 3 atom stereocenters. The maximum absolute atomic E-state index is 14.5. The lowest BCUT2D eigenvalue weighted by Gasteiger charge is -2.34. The summed E-state index contributed by atoms with van der Waals surface area (Å²) in [6.07, 6.45) is 4.23. The Labute approximate surface area is 520 Å². The fourth-order valence-electron chi connectivity index (χ4n) is 11.5. The molecule has 4 N–H and O–H groups in total. The monoisotopic (exact) mass is 1260 g/mol. The number of amides is 5. The molecular weight excluding hydrogens is 1190 g/mol. The molecular formula is C63H73N7O15S3. The second kappa shape index (κ2) is 28.3. The molecule has 0 aliphatic carbocycles. The molecule has 0 saturated heterocycles. The quantitative estimate of drug-likeness (QED) is 0.0150. The van der Waals surface area contributed by atoms with Gasteiger partial charge in [-0.3, -0.25) is 33.4 Å². The van der Waals surface area contributed by atoms with Gasteiger partial charge in [-0.2, -0.15) is 8.42 Å². The maximum atomic E-state index is 14.5. The van der Waals surface area contributed by atoms with Crippen LogP contribution in [-0.4, -0.2) is 162 Å². The minimum absolute atomic E-state index is 0.0424. The van der Waals surface area contributed by atoms with Crippen LogP contribution in [0.4, 0.5) is 28.4 Å². The van der Waals surface area contributed by atoms with Crippen LogP contribution in [0.3, 0.4) is 0 Å². The van der Waals surface area contributed by atoms with Gasteiger partial charge in [0.25, 0.3) is 33.7 Å². The first kappa shape index (κ1) is 63.5. The van der Waals surface area contributed by atoms with Crippen LogP contribution in [0.1, 0.15) is 69.7 Å². The standard InChI is InChI=1S/C63H73N7O15S3/c1-63(2,87-86-26-10-15-57(71)64-18-19-68-58(72)16-17-59(68)73)39-67(20-21-82-24-25-83-23-22-79-3)44-28-40(37-84-55-34-48-46(32-53(55)80-4)61(74)69-45(36-65-48)30-42-11-6-8-13-50(42)69)27-41(29-44)38-85-56-35-49-47(33-54(56)81-5)62(75)70-51-14-9-7-12-43(51)31-52(70)60(66-49)88(76,77)78/h6-9,11-14,16-17,27-29,32-35,45,52,60,65-66H,10,15,18-26,30-31,36-39H2,1-5H3,(H,64,71)(H,76,77,78)/t45-,52?,60?/m0/s1. The lowest BCUT2D eigenvalue weighted by molar-refractivity contribution is -0.137. The van der Waals surface area contributed by atoms with Crippen LogP contribution in [0.15, 0.2) is 103 Å². The SMILES string of the molecule is COCCOCCOCCN(CC(C)(C)SSCCCC(=O)NCCN1C(=O)C=CC1=O)c1cc(COc2cc3c(cc2OC)C(=O)N2c4ccccc4CC2C(S(=O)(=O)O)N3)cc(COc2cc3c(cc2OC)C(=O)N2c4ccccc4C[C@H]2CN3)c1. The van der Waals surface area contributed by atoms with Crippen molar-refractivity contribution in [2.45, 2.75) is 74.9 Å². The third-order valence-electron chi connectivity index (χ3n) is 15.6. The molecule has 0 saturated carbocycles. The van der Waals surface area contributed by atoms with Gasteiger partial charge in [-0.1, -0.05) is 58.0 Å². The van der Waals surface area contributed by atoms with Crippen molar-refractivity contribution >= 4 is 89.7 Å². The fourth-order valence-corrected chi connectivity index (χ4v) is 15.0. The number of anilines is 5. The van der Waals surface area contributed by atoms with Crippen molar-refractivity contribution in [1.29, 1.82) is 0 Å². The van der Waals surface area contributed by atoms with Crippen molar-refractivity contribution in [3.05, 3.63) is 137 Å². The van der Waals surface area contributed by atoms with Crippen molar-refractivity contribution in [3.63, 3.8) is 0 Å². The number of methoxy groups -OCH3 is 3. The Morgan fingerprint density at radius 1 is 0.739 bits per heavy atom. The number of para-hydroxylation sites is 2. The van der Waals surface area contributed by atoms with E-state index in [4.69, 9.17) is 33.2 Å². The van der Waals surface area contributed by atoms with E-state index in [0.717, 1.165) is 39.4 Å². The molecule has 468 valence electrons. The summed E-state index contributed by atoms with van der Waals surface area (Å²) < 4.78 is 78.6. The van der Waals surface area contributed by atoms with Crippen LogP contribution in [0.2, 0.25) is 0 Å². The molecule has 10 rings (SSSR count). The van der Waals surface area contributed by atoms with E-state index in [1.165, 1.54) is 43.4 Å². The van der Waals surface area contributed by atoms with Crippen LogP contribution < -0.4 is 49.6 Å². The average Bonchev–Trinajstić information content (AvgIpc) is 1.78. The third-order valence-corrected chi connectivity index (χ3v) is 20.1. The molecule has 0 aromatic heterocycles. The van der Waals surface area contributed by atoms with Gasteiger partial charge in [-0.15, -0.1) is 0 Å². The van der Waals surface area contributed by atoms with Gasteiger partial charge in [-0.05, 0) is 97.8 Å². The van der Waals surface area contributed by atoms with E-state index in [2.05, 4.69) is 40.8 Å². The summed E-state index contributed by atoms with van der Waals surface area (Å²) in [5.41, 5.74) is 6.93. The fraction of sp³-hybridized carbons (Fsp3) is 0.413. The molecule has 5 aliphatic rings. The van der Waals surface area contributed by atoms with Gasteiger partial charge in [-0.25, -0.2) is 0 Å². The first-order valence-corrected chi connectivity index (χ1v) is 32.9. The molecule has 0 spiro atoms. The Morgan fingerprint density at radius 2 is 1.33 bits per heavy atom. The van der Waals surface area contributed by atoms with Gasteiger partial charge < -0.3 is 63.8 Å². The van der Waals surface area contributed by atoms with Crippen molar-refractivity contribution in [3.8, 4) is 23.0 Å². The Kier molecular flexibility index (Phi) is 20.4. The number of imide groups is 1. The summed E-state index contributed by atoms with van der Waals surface area (Å²) in [6.45, 7) is 8.06. The molecule has 22 nitrogen and oxygen atoms in total. The zero-order valence-corrected chi connectivity index (χ0v) is 52.2. The number of ether oxygens (including phenoxy) is 7. The molecule has 0 fully saturated rings. The average molecular weight is 1260 g/mol. The lowest BCUT2D eigenvalue weighted by atomic mass is 10.1. The Bertz CT molecular complexity index is 3550. The molecule has 5 amide bonds. The van der Waals surface area contributed by atoms with Crippen LogP contribution in [0.5, 0.6) is 23.0 Å².